The third kappa shape index (κ3) is 16.4. The van der Waals surface area contributed by atoms with Crippen LogP contribution >= 0.6 is 0 Å². The number of hydrogen-bond donors (Lipinski definition) is 1. The number of ether oxygens (including phenoxy) is 1. The van der Waals surface area contributed by atoms with Crippen LogP contribution in [0, 0.1) is 0 Å². The van der Waals surface area contributed by atoms with Gasteiger partial charge in [-0.05, 0) is 12.8 Å². The molecule has 0 aromatic rings. The second-order valence-corrected chi connectivity index (χ2v) is 9.11. The Kier molecular flexibility index (Phi) is 16.0. The van der Waals surface area contributed by atoms with E-state index in [0.717, 1.165) is 19.3 Å². The van der Waals surface area contributed by atoms with Crippen molar-refractivity contribution in [1.29, 1.82) is 0 Å². The summed E-state index contributed by atoms with van der Waals surface area (Å²) in [6.45, 7) is 2.24. The van der Waals surface area contributed by atoms with Gasteiger partial charge in [0, 0.05) is 12.4 Å². The van der Waals surface area contributed by atoms with Gasteiger partial charge in [-0.1, -0.05) is 84.0 Å². The van der Waals surface area contributed by atoms with Crippen LogP contribution in [-0.4, -0.2) is 55.0 Å². The van der Waals surface area contributed by atoms with Gasteiger partial charge in [-0.15, -0.1) is 0 Å². The van der Waals surface area contributed by atoms with Crippen molar-refractivity contribution in [1.82, 2.24) is 0 Å². The molecule has 1 N–H and O–H groups in total. The minimum atomic E-state index is -1.17. The highest BCUT2D eigenvalue weighted by molar-refractivity contribution is 5.74. The van der Waals surface area contributed by atoms with Crippen LogP contribution in [0.1, 0.15) is 103 Å². The van der Waals surface area contributed by atoms with E-state index < -0.39 is 24.3 Å². The number of carbonyl (C=O) groups excluding carboxylic acids is 2. The lowest BCUT2D eigenvalue weighted by atomic mass is 10.0. The number of quaternary nitrogens is 1. The zero-order valence-electron chi connectivity index (χ0n) is 19.3. The van der Waals surface area contributed by atoms with E-state index in [1.165, 1.54) is 57.8 Å². The Labute approximate surface area is 178 Å². The number of rotatable bonds is 19. The van der Waals surface area contributed by atoms with Crippen LogP contribution in [0.3, 0.4) is 0 Å². The molecule has 0 radical (unpaired) electrons. The second kappa shape index (κ2) is 16.6. The van der Waals surface area contributed by atoms with Crippen molar-refractivity contribution in [2.24, 2.45) is 0 Å². The molecule has 6 nitrogen and oxygen atoms in total. The molecule has 0 saturated carbocycles. The molecular weight excluding hydrogens is 370 g/mol. The molecule has 0 fully saturated rings. The Bertz CT molecular complexity index is 433. The maximum absolute atomic E-state index is 12.1. The zero-order valence-corrected chi connectivity index (χ0v) is 19.3. The average molecular weight is 416 g/mol. The predicted molar refractivity (Wildman–Crippen MR) is 114 cm³/mol. The van der Waals surface area contributed by atoms with Gasteiger partial charge in [0.25, 0.3) is 0 Å². The third-order valence-electron chi connectivity index (χ3n) is 5.31. The van der Waals surface area contributed by atoms with E-state index in [2.05, 4.69) is 6.92 Å². The van der Waals surface area contributed by atoms with Crippen LogP contribution in [0.4, 0.5) is 0 Å². The number of carboxylic acid groups (broad SMARTS) is 1. The first-order valence-electron chi connectivity index (χ1n) is 11.6. The first-order valence-corrected chi connectivity index (χ1v) is 11.6. The average Bonchev–Trinajstić information content (AvgIpc) is 2.64. The van der Waals surface area contributed by atoms with Gasteiger partial charge < -0.3 is 19.7 Å². The number of esters is 1. The number of nitrogens with zero attached hydrogens (tertiary/aromatic N) is 1. The van der Waals surface area contributed by atoms with E-state index in [-0.39, 0.29) is 17.3 Å². The zero-order chi connectivity index (χ0) is 22.1. The Morgan fingerprint density at radius 2 is 1.28 bits per heavy atom. The van der Waals surface area contributed by atoms with Gasteiger partial charge in [0.2, 0.25) is 6.23 Å². The number of carbonyl (C=O) groups is 2. The standard InChI is InChI=1S/C23H45NO5/c1-5-6-7-8-9-10-11-12-13-14-15-16-17-20(25)23(28)29-21(24(2,3)4)18-19-22(26)27/h20-21,25H,5-19H2,1-4H3/t20?,21-/m0/s1. The van der Waals surface area contributed by atoms with E-state index in [0.29, 0.717) is 6.42 Å². The summed E-state index contributed by atoms with van der Waals surface area (Å²) in [5.41, 5.74) is 0. The lowest BCUT2D eigenvalue weighted by Crippen LogP contribution is -2.49. The fourth-order valence-electron chi connectivity index (χ4n) is 3.35. The SMILES string of the molecule is CCCCCCCCCCCCCCC(O)C(=O)O[C@@H](CCC(=O)[O-])[N+](C)(C)C. The Hall–Kier alpha value is -1.14. The summed E-state index contributed by atoms with van der Waals surface area (Å²) in [6.07, 6.45) is 13.4. The topological polar surface area (TPSA) is 86.7 Å². The summed E-state index contributed by atoms with van der Waals surface area (Å²) in [7, 11) is 5.47. The first kappa shape index (κ1) is 27.9. The molecular formula is C23H45NO5. The molecule has 29 heavy (non-hydrogen) atoms. The molecule has 0 saturated heterocycles. The van der Waals surface area contributed by atoms with E-state index in [1.54, 1.807) is 0 Å². The van der Waals surface area contributed by atoms with Crippen LogP contribution in [0.5, 0.6) is 0 Å². The highest BCUT2D eigenvalue weighted by Crippen LogP contribution is 2.16. The molecule has 0 rings (SSSR count). The van der Waals surface area contributed by atoms with Gasteiger partial charge in [-0.2, -0.15) is 0 Å². The number of aliphatic carboxylic acids is 1. The lowest BCUT2D eigenvalue weighted by molar-refractivity contribution is -0.917. The van der Waals surface area contributed by atoms with Crippen LogP contribution in [0.2, 0.25) is 0 Å². The van der Waals surface area contributed by atoms with Crippen molar-refractivity contribution in [2.45, 2.75) is 116 Å². The van der Waals surface area contributed by atoms with Crippen molar-refractivity contribution in [2.75, 3.05) is 21.1 Å². The highest BCUT2D eigenvalue weighted by atomic mass is 16.6. The van der Waals surface area contributed by atoms with Crippen LogP contribution in [-0.2, 0) is 14.3 Å². The molecule has 0 spiro atoms. The second-order valence-electron chi connectivity index (χ2n) is 9.11. The molecule has 6 heteroatoms. The number of aliphatic hydroxyl groups is 1. The lowest BCUT2D eigenvalue weighted by Gasteiger charge is -2.33. The van der Waals surface area contributed by atoms with Crippen LogP contribution < -0.4 is 5.11 Å². The minimum absolute atomic E-state index is 0.170. The highest BCUT2D eigenvalue weighted by Gasteiger charge is 2.30. The van der Waals surface area contributed by atoms with Crippen molar-refractivity contribution >= 4 is 11.9 Å². The molecule has 1 unspecified atom stereocenters. The van der Waals surface area contributed by atoms with E-state index in [9.17, 15) is 19.8 Å². The monoisotopic (exact) mass is 415 g/mol. The van der Waals surface area contributed by atoms with Crippen molar-refractivity contribution in [3.05, 3.63) is 0 Å². The van der Waals surface area contributed by atoms with Crippen LogP contribution in [0.25, 0.3) is 0 Å². The molecule has 0 bridgehead atoms. The van der Waals surface area contributed by atoms with Gasteiger partial charge in [-0.3, -0.25) is 4.48 Å². The summed E-state index contributed by atoms with van der Waals surface area (Å²) in [6, 6.07) is 0. The van der Waals surface area contributed by atoms with Crippen LogP contribution in [0.15, 0.2) is 0 Å². The molecule has 0 heterocycles. The first-order chi connectivity index (χ1) is 13.7. The normalized spacial score (nSPS) is 13.8. The number of aliphatic hydroxyl groups excluding tert-OH is 1. The Morgan fingerprint density at radius 3 is 1.69 bits per heavy atom. The van der Waals surface area contributed by atoms with Gasteiger partial charge >= 0.3 is 5.97 Å². The summed E-state index contributed by atoms with van der Waals surface area (Å²) in [5.74, 6) is -1.83. The van der Waals surface area contributed by atoms with Gasteiger partial charge in [-0.25, -0.2) is 4.79 Å². The molecule has 0 aliphatic heterocycles. The summed E-state index contributed by atoms with van der Waals surface area (Å²) >= 11 is 0. The maximum atomic E-state index is 12.1. The smallest absolute Gasteiger partial charge is 0.339 e. The Balaban J connectivity index is 3.83. The molecule has 0 amide bonds. The molecule has 0 aliphatic carbocycles. The molecule has 2 atom stereocenters. The molecule has 0 aliphatic rings. The fourth-order valence-corrected chi connectivity index (χ4v) is 3.35. The van der Waals surface area contributed by atoms with Crippen molar-refractivity contribution < 1.29 is 29.0 Å². The molecule has 172 valence electrons. The third-order valence-corrected chi connectivity index (χ3v) is 5.31. The number of unbranched alkanes of at least 4 members (excludes halogenated alkanes) is 11. The minimum Gasteiger partial charge on any atom is -0.550 e. The van der Waals surface area contributed by atoms with Gasteiger partial charge in [0.1, 0.15) is 0 Å². The van der Waals surface area contributed by atoms with E-state index in [1.807, 2.05) is 21.1 Å². The summed E-state index contributed by atoms with van der Waals surface area (Å²) in [5, 5.41) is 20.7. The largest absolute Gasteiger partial charge is 0.550 e. The van der Waals surface area contributed by atoms with E-state index >= 15 is 0 Å². The summed E-state index contributed by atoms with van der Waals surface area (Å²) < 4.78 is 5.66. The van der Waals surface area contributed by atoms with Crippen molar-refractivity contribution in [3.8, 4) is 0 Å². The predicted octanol–water partition coefficient (Wildman–Crippen LogP) is 3.54. The molecule has 0 aromatic carbocycles. The van der Waals surface area contributed by atoms with Crippen molar-refractivity contribution in [3.63, 3.8) is 0 Å². The van der Waals surface area contributed by atoms with Gasteiger partial charge in [0.05, 0.1) is 21.1 Å². The van der Waals surface area contributed by atoms with E-state index in [4.69, 9.17) is 4.74 Å². The van der Waals surface area contributed by atoms with Gasteiger partial charge in [0.15, 0.2) is 6.10 Å². The maximum Gasteiger partial charge on any atom is 0.339 e. The summed E-state index contributed by atoms with van der Waals surface area (Å²) in [4.78, 5) is 22.8. The molecule has 0 aromatic heterocycles. The Morgan fingerprint density at radius 1 is 0.828 bits per heavy atom. The quantitative estimate of drug-likeness (QED) is 0.151. The number of hydrogen-bond acceptors (Lipinski definition) is 5. The number of carboxylic acids is 1. The fraction of sp³-hybridized carbons (Fsp3) is 0.913.